The fourth-order valence-corrected chi connectivity index (χ4v) is 3.72. The van der Waals surface area contributed by atoms with E-state index in [0.29, 0.717) is 6.42 Å². The molecule has 6 nitrogen and oxygen atoms in total. The molecule has 0 bridgehead atoms. The molecular weight excluding hydrogens is 360 g/mol. The average Bonchev–Trinajstić information content (AvgIpc) is 3.25. The highest BCUT2D eigenvalue weighted by Crippen LogP contribution is 2.37. The van der Waals surface area contributed by atoms with Gasteiger partial charge in [0, 0.05) is 30.5 Å². The molecule has 27 heavy (non-hydrogen) atoms. The predicted octanol–water partition coefficient (Wildman–Crippen LogP) is 3.67. The number of halogens is 1. The highest BCUT2D eigenvalue weighted by molar-refractivity contribution is 6.31. The third-order valence-corrected chi connectivity index (χ3v) is 5.54. The van der Waals surface area contributed by atoms with Crippen molar-refractivity contribution >= 4 is 17.4 Å². The third kappa shape index (κ3) is 3.64. The number of anilines is 1. The van der Waals surface area contributed by atoms with Crippen LogP contribution in [0.25, 0.3) is 5.82 Å². The van der Waals surface area contributed by atoms with E-state index in [1.807, 2.05) is 47.2 Å². The average molecular weight is 379 g/mol. The smallest absolute Gasteiger partial charge is 0.160 e. The van der Waals surface area contributed by atoms with Gasteiger partial charge in [0.1, 0.15) is 6.33 Å². The molecule has 1 aliphatic rings. The van der Waals surface area contributed by atoms with Crippen molar-refractivity contribution in [3.05, 3.63) is 65.7 Å². The maximum atomic E-state index is 9.84. The zero-order valence-corrected chi connectivity index (χ0v) is 15.5. The van der Waals surface area contributed by atoms with Gasteiger partial charge < -0.3 is 4.90 Å². The summed E-state index contributed by atoms with van der Waals surface area (Å²) in [6.45, 7) is 1.55. The van der Waals surface area contributed by atoms with Gasteiger partial charge in [-0.3, -0.25) is 4.57 Å². The second-order valence-electron chi connectivity index (χ2n) is 6.87. The van der Waals surface area contributed by atoms with E-state index in [2.05, 4.69) is 26.2 Å². The number of nitriles is 1. The number of benzene rings is 1. The fraction of sp³-hybridized carbons (Fsp3) is 0.300. The molecule has 4 rings (SSSR count). The minimum Gasteiger partial charge on any atom is -0.355 e. The van der Waals surface area contributed by atoms with Crippen LogP contribution in [0.5, 0.6) is 0 Å². The van der Waals surface area contributed by atoms with Gasteiger partial charge in [0.15, 0.2) is 11.6 Å². The molecule has 136 valence electrons. The van der Waals surface area contributed by atoms with Crippen LogP contribution in [0, 0.1) is 16.7 Å². The summed E-state index contributed by atoms with van der Waals surface area (Å²) >= 11 is 6.30. The van der Waals surface area contributed by atoms with Crippen LogP contribution in [0.4, 0.5) is 5.82 Å². The highest BCUT2D eigenvalue weighted by Gasteiger charge is 2.35. The second kappa shape index (κ2) is 7.37. The fourth-order valence-electron chi connectivity index (χ4n) is 3.52. The summed E-state index contributed by atoms with van der Waals surface area (Å²) in [4.78, 5) is 6.21. The normalized spacial score (nSPS) is 16.1. The Hall–Kier alpha value is -2.91. The SMILES string of the molecule is N#CC1(Cc2ccccc2Cl)CCN(c2ccc(-n3ccnc3)nn2)CC1. The quantitative estimate of drug-likeness (QED) is 0.692. The molecule has 0 spiro atoms. The van der Waals surface area contributed by atoms with Crippen molar-refractivity contribution in [2.75, 3.05) is 18.0 Å². The summed E-state index contributed by atoms with van der Waals surface area (Å²) in [7, 11) is 0. The van der Waals surface area contributed by atoms with Gasteiger partial charge in [0.25, 0.3) is 0 Å². The van der Waals surface area contributed by atoms with Crippen LogP contribution in [-0.4, -0.2) is 32.8 Å². The van der Waals surface area contributed by atoms with Gasteiger partial charge in [-0.15, -0.1) is 10.2 Å². The third-order valence-electron chi connectivity index (χ3n) is 5.17. The molecule has 1 aromatic carbocycles. The lowest BCUT2D eigenvalue weighted by molar-refractivity contribution is 0.301. The Morgan fingerprint density at radius 1 is 1.07 bits per heavy atom. The van der Waals surface area contributed by atoms with E-state index in [1.54, 1.807) is 12.5 Å². The second-order valence-corrected chi connectivity index (χ2v) is 7.27. The number of nitrogens with zero attached hydrogens (tertiary/aromatic N) is 6. The molecule has 0 N–H and O–H groups in total. The summed E-state index contributed by atoms with van der Waals surface area (Å²) in [5.41, 5.74) is 0.657. The lowest BCUT2D eigenvalue weighted by Crippen LogP contribution is -2.41. The van der Waals surface area contributed by atoms with E-state index in [1.165, 1.54) is 0 Å². The van der Waals surface area contributed by atoms with Crippen LogP contribution in [0.15, 0.2) is 55.1 Å². The maximum Gasteiger partial charge on any atom is 0.160 e. The molecule has 1 saturated heterocycles. The molecule has 0 saturated carbocycles. The van der Waals surface area contributed by atoms with E-state index >= 15 is 0 Å². The van der Waals surface area contributed by atoms with Crippen molar-refractivity contribution < 1.29 is 0 Å². The van der Waals surface area contributed by atoms with Gasteiger partial charge in [-0.05, 0) is 43.0 Å². The standard InChI is InChI=1S/C20H19ClN6/c21-17-4-2-1-3-16(17)13-20(14-22)7-10-26(11-8-20)18-5-6-19(25-24-18)27-12-9-23-15-27/h1-6,9,12,15H,7-8,10-11,13H2. The van der Waals surface area contributed by atoms with Crippen molar-refractivity contribution in [3.63, 3.8) is 0 Å². The highest BCUT2D eigenvalue weighted by atomic mass is 35.5. The lowest BCUT2D eigenvalue weighted by Gasteiger charge is -2.38. The Morgan fingerprint density at radius 2 is 1.81 bits per heavy atom. The monoisotopic (exact) mass is 378 g/mol. The first-order valence-corrected chi connectivity index (χ1v) is 9.29. The zero-order chi connectivity index (χ0) is 18.7. The number of imidazole rings is 1. The Kier molecular flexibility index (Phi) is 4.78. The zero-order valence-electron chi connectivity index (χ0n) is 14.8. The van der Waals surface area contributed by atoms with Crippen LogP contribution in [0.3, 0.4) is 0 Å². The Balaban J connectivity index is 1.44. The summed E-state index contributed by atoms with van der Waals surface area (Å²) < 4.78 is 1.82. The Morgan fingerprint density at radius 3 is 2.44 bits per heavy atom. The molecular formula is C20H19ClN6. The van der Waals surface area contributed by atoms with Crippen LogP contribution < -0.4 is 4.90 Å². The molecule has 3 heterocycles. The van der Waals surface area contributed by atoms with Gasteiger partial charge in [-0.2, -0.15) is 5.26 Å². The van der Waals surface area contributed by atoms with E-state index in [9.17, 15) is 5.26 Å². The van der Waals surface area contributed by atoms with Crippen molar-refractivity contribution in [1.29, 1.82) is 5.26 Å². The Bertz CT molecular complexity index is 937. The topological polar surface area (TPSA) is 70.6 Å². The first kappa shape index (κ1) is 17.5. The summed E-state index contributed by atoms with van der Waals surface area (Å²) in [6, 6.07) is 14.2. The summed E-state index contributed by atoms with van der Waals surface area (Å²) in [6.07, 6.45) is 7.48. The van der Waals surface area contributed by atoms with Gasteiger partial charge in [0.2, 0.25) is 0 Å². The minimum atomic E-state index is -0.383. The molecule has 1 fully saturated rings. The summed E-state index contributed by atoms with van der Waals surface area (Å²) in [5.74, 6) is 1.57. The van der Waals surface area contributed by atoms with E-state index in [0.717, 1.165) is 48.2 Å². The number of piperidine rings is 1. The molecule has 0 amide bonds. The molecule has 1 aliphatic heterocycles. The molecule has 0 aliphatic carbocycles. The van der Waals surface area contributed by atoms with E-state index < -0.39 is 0 Å². The number of hydrogen-bond donors (Lipinski definition) is 0. The maximum absolute atomic E-state index is 9.84. The first-order valence-electron chi connectivity index (χ1n) is 8.91. The first-order chi connectivity index (χ1) is 13.2. The van der Waals surface area contributed by atoms with Crippen molar-refractivity contribution in [1.82, 2.24) is 19.7 Å². The Labute approximate surface area is 163 Å². The lowest BCUT2D eigenvalue weighted by atomic mass is 9.75. The number of aromatic nitrogens is 4. The van der Waals surface area contributed by atoms with Crippen LogP contribution in [0.2, 0.25) is 5.02 Å². The van der Waals surface area contributed by atoms with Gasteiger partial charge >= 0.3 is 0 Å². The largest absolute Gasteiger partial charge is 0.355 e. The van der Waals surface area contributed by atoms with Gasteiger partial charge in [0.05, 0.1) is 11.5 Å². The van der Waals surface area contributed by atoms with E-state index in [-0.39, 0.29) is 5.41 Å². The predicted molar refractivity (Wildman–Crippen MR) is 104 cm³/mol. The minimum absolute atomic E-state index is 0.383. The van der Waals surface area contributed by atoms with Crippen molar-refractivity contribution in [2.45, 2.75) is 19.3 Å². The van der Waals surface area contributed by atoms with Crippen LogP contribution >= 0.6 is 11.6 Å². The van der Waals surface area contributed by atoms with Gasteiger partial charge in [-0.25, -0.2) is 4.98 Å². The van der Waals surface area contributed by atoms with Crippen LogP contribution in [0.1, 0.15) is 18.4 Å². The number of hydrogen-bond acceptors (Lipinski definition) is 5. The van der Waals surface area contributed by atoms with E-state index in [4.69, 9.17) is 11.6 Å². The van der Waals surface area contributed by atoms with Crippen molar-refractivity contribution in [3.8, 4) is 11.9 Å². The molecule has 7 heteroatoms. The van der Waals surface area contributed by atoms with Gasteiger partial charge in [-0.1, -0.05) is 29.8 Å². The van der Waals surface area contributed by atoms with Crippen molar-refractivity contribution in [2.24, 2.45) is 5.41 Å². The molecule has 0 unspecified atom stereocenters. The molecule has 0 radical (unpaired) electrons. The summed E-state index contributed by atoms with van der Waals surface area (Å²) in [5, 5.41) is 19.2. The van der Waals surface area contributed by atoms with Crippen LogP contribution in [-0.2, 0) is 6.42 Å². The molecule has 0 atom stereocenters. The number of rotatable bonds is 4. The molecule has 3 aromatic rings. The molecule has 2 aromatic heterocycles.